The molecule has 0 bridgehead atoms. The predicted molar refractivity (Wildman–Crippen MR) is 150 cm³/mol. The van der Waals surface area contributed by atoms with Crippen molar-refractivity contribution in [2.45, 2.75) is 104 Å². The van der Waals surface area contributed by atoms with Crippen LogP contribution in [0.4, 0.5) is 0 Å². The fourth-order valence-electron chi connectivity index (χ4n) is 4.60. The first kappa shape index (κ1) is 29.9. The molecule has 2 aromatic rings. The van der Waals surface area contributed by atoms with Crippen molar-refractivity contribution in [2.75, 3.05) is 20.6 Å². The molecule has 2 aromatic carbocycles. The van der Waals surface area contributed by atoms with Gasteiger partial charge in [-0.05, 0) is 37.3 Å². The lowest BCUT2D eigenvalue weighted by Crippen LogP contribution is -2.39. The van der Waals surface area contributed by atoms with Crippen LogP contribution >= 0.6 is 0 Å². The summed E-state index contributed by atoms with van der Waals surface area (Å²) in [6.45, 7) is 6.28. The van der Waals surface area contributed by atoms with Gasteiger partial charge in [-0.2, -0.15) is 0 Å². The minimum absolute atomic E-state index is 0.167. The molecular weight excluding hydrogens is 446 g/mol. The van der Waals surface area contributed by atoms with Crippen LogP contribution in [0.25, 0.3) is 0 Å². The van der Waals surface area contributed by atoms with E-state index in [1.165, 1.54) is 56.1 Å². The number of hydrogen-bond donors (Lipinski definition) is 0. The molecule has 0 aromatic heterocycles. The van der Waals surface area contributed by atoms with Gasteiger partial charge in [0, 0.05) is 18.4 Å². The van der Waals surface area contributed by atoms with Crippen LogP contribution in [-0.2, 0) is 22.5 Å². The predicted octanol–water partition coefficient (Wildman–Crippen LogP) is 8.08. The smallest absolute Gasteiger partial charge is 0.308 e. The third-order valence-electron chi connectivity index (χ3n) is 6.72. The van der Waals surface area contributed by atoms with Crippen LogP contribution in [0.2, 0.25) is 0 Å². The van der Waals surface area contributed by atoms with E-state index < -0.39 is 6.29 Å². The Labute approximate surface area is 220 Å². The fraction of sp³-hybridized carbons (Fsp3) is 0.594. The Hall–Kier alpha value is -2.33. The van der Waals surface area contributed by atoms with Crippen LogP contribution in [0.5, 0.6) is 5.75 Å². The van der Waals surface area contributed by atoms with Crippen molar-refractivity contribution in [2.24, 2.45) is 0 Å². The van der Waals surface area contributed by atoms with E-state index in [1.54, 1.807) is 0 Å². The lowest BCUT2D eigenvalue weighted by atomic mass is 10.0. The van der Waals surface area contributed by atoms with E-state index in [2.05, 4.69) is 63.5 Å². The first-order valence-corrected chi connectivity index (χ1v) is 14.2. The van der Waals surface area contributed by atoms with Crippen molar-refractivity contribution >= 4 is 5.97 Å². The van der Waals surface area contributed by atoms with E-state index in [9.17, 15) is 4.79 Å². The average molecular weight is 497 g/mol. The lowest BCUT2D eigenvalue weighted by Gasteiger charge is -2.30. The molecule has 0 aliphatic rings. The topological polar surface area (TPSA) is 35.5 Å². The zero-order valence-electron chi connectivity index (χ0n) is 23.3. The van der Waals surface area contributed by atoms with E-state index in [0.29, 0.717) is 12.8 Å². The molecule has 0 spiro atoms. The molecule has 0 radical (unpaired) electrons. The molecular formula is C32H50NO3+. The summed E-state index contributed by atoms with van der Waals surface area (Å²) in [5.41, 5.74) is 2.55. The van der Waals surface area contributed by atoms with Crippen LogP contribution in [0, 0.1) is 0 Å². The second-order valence-electron chi connectivity index (χ2n) is 10.7. The van der Waals surface area contributed by atoms with Gasteiger partial charge < -0.3 is 14.0 Å². The van der Waals surface area contributed by atoms with Gasteiger partial charge in [-0.25, -0.2) is 0 Å². The molecule has 36 heavy (non-hydrogen) atoms. The summed E-state index contributed by atoms with van der Waals surface area (Å²) in [4.78, 5) is 12.5. The number of carbonyl (C=O) groups excluding carboxylic acids is 1. The molecule has 0 saturated carbocycles. The lowest BCUT2D eigenvalue weighted by molar-refractivity contribution is -0.903. The molecule has 0 N–H and O–H groups in total. The highest BCUT2D eigenvalue weighted by Gasteiger charge is 2.18. The highest BCUT2D eigenvalue weighted by atomic mass is 16.7. The van der Waals surface area contributed by atoms with E-state index in [1.807, 2.05) is 19.1 Å². The summed E-state index contributed by atoms with van der Waals surface area (Å²) < 4.78 is 12.8. The van der Waals surface area contributed by atoms with Gasteiger partial charge in [-0.1, -0.05) is 101 Å². The van der Waals surface area contributed by atoms with Gasteiger partial charge in [0.25, 0.3) is 0 Å². The number of aryl methyl sites for hydroxylation is 1. The summed E-state index contributed by atoms with van der Waals surface area (Å²) in [6.07, 6.45) is 12.4. The molecule has 0 heterocycles. The Kier molecular flexibility index (Phi) is 14.3. The molecule has 1 unspecified atom stereocenters. The molecule has 200 valence electrons. The molecule has 0 saturated heterocycles. The van der Waals surface area contributed by atoms with E-state index in [-0.39, 0.29) is 5.97 Å². The summed E-state index contributed by atoms with van der Waals surface area (Å²) in [7, 11) is 4.49. The minimum atomic E-state index is -0.530. The molecule has 0 fully saturated rings. The number of ether oxygens (including phenoxy) is 2. The third kappa shape index (κ3) is 12.6. The third-order valence-corrected chi connectivity index (χ3v) is 6.72. The van der Waals surface area contributed by atoms with E-state index in [4.69, 9.17) is 9.47 Å². The van der Waals surface area contributed by atoms with Gasteiger partial charge in [0.2, 0.25) is 6.29 Å². The maximum atomic E-state index is 12.5. The van der Waals surface area contributed by atoms with Gasteiger partial charge in [0.1, 0.15) is 12.3 Å². The van der Waals surface area contributed by atoms with E-state index >= 15 is 0 Å². The zero-order valence-corrected chi connectivity index (χ0v) is 23.3. The number of hydrogen-bond acceptors (Lipinski definition) is 3. The summed E-state index contributed by atoms with van der Waals surface area (Å²) >= 11 is 0. The number of esters is 1. The maximum Gasteiger partial charge on any atom is 0.308 e. The number of benzene rings is 2. The summed E-state index contributed by atoms with van der Waals surface area (Å²) in [5, 5.41) is 0. The van der Waals surface area contributed by atoms with Crippen molar-refractivity contribution in [3.05, 3.63) is 65.7 Å². The number of nitrogens with zero attached hydrogens (tertiary/aromatic N) is 1. The molecule has 0 amide bonds. The maximum absolute atomic E-state index is 12.5. The van der Waals surface area contributed by atoms with E-state index in [0.717, 1.165) is 42.6 Å². The summed E-state index contributed by atoms with van der Waals surface area (Å²) in [6, 6.07) is 18.8. The number of unbranched alkanes of at least 4 members (excludes halogenated alkanes) is 7. The van der Waals surface area contributed by atoms with Gasteiger partial charge in [-0.15, -0.1) is 0 Å². The van der Waals surface area contributed by atoms with Gasteiger partial charge in [0.05, 0.1) is 20.6 Å². The van der Waals surface area contributed by atoms with Crippen molar-refractivity contribution in [1.29, 1.82) is 0 Å². The first-order chi connectivity index (χ1) is 17.4. The standard InChI is InChI=1S/C32H50NO3/c1-5-7-8-9-10-11-15-22-29-23-16-17-24-30(29)35-32(6-2)36-31(34)25-18-19-26-33(3,4)27-28-20-13-12-14-21-28/h12-14,16-17,20-21,23-24,32H,5-11,15,18-19,22,25-27H2,1-4H3/q+1. The van der Waals surface area contributed by atoms with Crippen LogP contribution in [-0.4, -0.2) is 37.4 Å². The fourth-order valence-corrected chi connectivity index (χ4v) is 4.60. The second kappa shape index (κ2) is 17.2. The molecule has 0 aliphatic heterocycles. The van der Waals surface area contributed by atoms with Gasteiger partial charge in [0.15, 0.2) is 0 Å². The van der Waals surface area contributed by atoms with Crippen molar-refractivity contribution in [3.63, 3.8) is 0 Å². The highest BCUT2D eigenvalue weighted by Crippen LogP contribution is 2.23. The molecule has 4 heteroatoms. The Balaban J connectivity index is 1.71. The Bertz CT molecular complexity index is 849. The van der Waals surface area contributed by atoms with Crippen LogP contribution in [0.1, 0.15) is 95.6 Å². The monoisotopic (exact) mass is 496 g/mol. The number of rotatable bonds is 19. The van der Waals surface area contributed by atoms with Crippen LogP contribution < -0.4 is 4.74 Å². The Morgan fingerprint density at radius 1 is 0.806 bits per heavy atom. The number of carbonyl (C=O) groups is 1. The largest absolute Gasteiger partial charge is 0.455 e. The second-order valence-corrected chi connectivity index (χ2v) is 10.7. The molecule has 1 atom stereocenters. The Morgan fingerprint density at radius 2 is 1.47 bits per heavy atom. The van der Waals surface area contributed by atoms with Gasteiger partial charge in [-0.3, -0.25) is 4.79 Å². The van der Waals surface area contributed by atoms with Crippen LogP contribution in [0.15, 0.2) is 54.6 Å². The molecule has 4 nitrogen and oxygen atoms in total. The van der Waals surface area contributed by atoms with Crippen molar-refractivity contribution in [3.8, 4) is 5.75 Å². The number of quaternary nitrogens is 1. The first-order valence-electron chi connectivity index (χ1n) is 14.2. The SMILES string of the molecule is CCCCCCCCCc1ccccc1OC(CC)OC(=O)CCCC[N+](C)(C)Cc1ccccc1. The Morgan fingerprint density at radius 3 is 2.19 bits per heavy atom. The van der Waals surface area contributed by atoms with Crippen LogP contribution in [0.3, 0.4) is 0 Å². The summed E-state index contributed by atoms with van der Waals surface area (Å²) in [5.74, 6) is 0.683. The highest BCUT2D eigenvalue weighted by molar-refractivity contribution is 5.69. The van der Waals surface area contributed by atoms with Crippen molar-refractivity contribution < 1.29 is 18.8 Å². The molecule has 0 aliphatic carbocycles. The van der Waals surface area contributed by atoms with Crippen molar-refractivity contribution in [1.82, 2.24) is 0 Å². The minimum Gasteiger partial charge on any atom is -0.455 e. The molecule has 2 rings (SSSR count). The normalized spacial score (nSPS) is 12.3. The average Bonchev–Trinajstić information content (AvgIpc) is 2.87. The quantitative estimate of drug-likeness (QED) is 0.0853. The zero-order chi connectivity index (χ0) is 26.1. The van der Waals surface area contributed by atoms with Gasteiger partial charge >= 0.3 is 5.97 Å². The number of para-hydroxylation sites is 1.